The Bertz CT molecular complexity index is 782. The number of rotatable bonds is 8. The Morgan fingerprint density at radius 2 is 2.12 bits per heavy atom. The zero-order valence-corrected chi connectivity index (χ0v) is 13.9. The van der Waals surface area contributed by atoms with Gasteiger partial charge in [-0.25, -0.2) is 0 Å². The average molecular weight is 345 g/mol. The molecule has 0 fully saturated rings. The van der Waals surface area contributed by atoms with Gasteiger partial charge in [0.15, 0.2) is 23.0 Å². The molecule has 1 aromatic heterocycles. The molecule has 0 aliphatic heterocycles. The number of carbonyl (C=O) groups excluding carboxylic acids is 2. The van der Waals surface area contributed by atoms with Crippen LogP contribution in [0.2, 0.25) is 0 Å². The van der Waals surface area contributed by atoms with Gasteiger partial charge in [-0.15, -0.1) is 0 Å². The first kappa shape index (κ1) is 18.1. The summed E-state index contributed by atoms with van der Waals surface area (Å²) in [6.45, 7) is 2.52. The van der Waals surface area contributed by atoms with Crippen LogP contribution in [-0.2, 0) is 11.3 Å². The van der Waals surface area contributed by atoms with Crippen molar-refractivity contribution < 1.29 is 23.6 Å². The van der Waals surface area contributed by atoms with E-state index in [1.165, 1.54) is 12.1 Å². The number of nitrogens with two attached hydrogens (primary N) is 1. The molecule has 2 rings (SSSR count). The highest BCUT2D eigenvalue weighted by atomic mass is 16.5. The third-order valence-corrected chi connectivity index (χ3v) is 3.16. The molecule has 0 aliphatic rings. The lowest BCUT2D eigenvalue weighted by Crippen LogP contribution is -2.19. The Labute approximate surface area is 144 Å². The molecule has 3 N–H and O–H groups in total. The van der Waals surface area contributed by atoms with Crippen LogP contribution >= 0.6 is 0 Å². The average Bonchev–Trinajstić information content (AvgIpc) is 3.08. The van der Waals surface area contributed by atoms with Crippen LogP contribution in [0.1, 0.15) is 28.7 Å². The molecule has 0 aliphatic carbocycles. The van der Waals surface area contributed by atoms with E-state index in [-0.39, 0.29) is 18.1 Å². The SMILES string of the molecule is CCOc1ccc(C=CC(=O)NCc2cc(C(N)=O)no2)cc1OC. The molecule has 0 atom stereocenters. The number of hydrogen-bond donors (Lipinski definition) is 2. The van der Waals surface area contributed by atoms with E-state index in [0.29, 0.717) is 23.9 Å². The number of ether oxygens (including phenoxy) is 2. The molecule has 0 spiro atoms. The first-order chi connectivity index (χ1) is 12.0. The lowest BCUT2D eigenvalue weighted by atomic mass is 10.2. The molecule has 0 bridgehead atoms. The van der Waals surface area contributed by atoms with Crippen LogP contribution in [0, 0.1) is 0 Å². The summed E-state index contributed by atoms with van der Waals surface area (Å²) in [5, 5.41) is 6.10. The minimum absolute atomic E-state index is 0.0151. The summed E-state index contributed by atoms with van der Waals surface area (Å²) in [7, 11) is 1.55. The van der Waals surface area contributed by atoms with Gasteiger partial charge in [0.25, 0.3) is 5.91 Å². The Morgan fingerprint density at radius 1 is 1.32 bits per heavy atom. The number of primary amides is 1. The van der Waals surface area contributed by atoms with Crippen LogP contribution in [0.4, 0.5) is 0 Å². The molecule has 8 heteroatoms. The van der Waals surface area contributed by atoms with Gasteiger partial charge in [-0.2, -0.15) is 0 Å². The molecule has 1 heterocycles. The lowest BCUT2D eigenvalue weighted by Gasteiger charge is -2.09. The Kier molecular flexibility index (Phi) is 6.16. The van der Waals surface area contributed by atoms with Crippen molar-refractivity contribution in [2.24, 2.45) is 5.73 Å². The predicted molar refractivity (Wildman–Crippen MR) is 90.1 cm³/mol. The van der Waals surface area contributed by atoms with E-state index in [0.717, 1.165) is 5.56 Å². The van der Waals surface area contributed by atoms with Gasteiger partial charge in [0.2, 0.25) is 5.91 Å². The fraction of sp³-hybridized carbons (Fsp3) is 0.235. The van der Waals surface area contributed by atoms with Gasteiger partial charge in [-0.3, -0.25) is 9.59 Å². The van der Waals surface area contributed by atoms with Crippen molar-refractivity contribution >= 4 is 17.9 Å². The number of carbonyl (C=O) groups is 2. The van der Waals surface area contributed by atoms with Gasteiger partial charge in [0.1, 0.15) is 0 Å². The van der Waals surface area contributed by atoms with E-state index in [9.17, 15) is 9.59 Å². The van der Waals surface area contributed by atoms with Crippen LogP contribution in [-0.4, -0.2) is 30.7 Å². The van der Waals surface area contributed by atoms with Crippen LogP contribution in [0.15, 0.2) is 34.9 Å². The van der Waals surface area contributed by atoms with Crippen molar-refractivity contribution in [3.05, 3.63) is 47.4 Å². The van der Waals surface area contributed by atoms with Gasteiger partial charge < -0.3 is 25.0 Å². The monoisotopic (exact) mass is 345 g/mol. The summed E-state index contributed by atoms with van der Waals surface area (Å²) in [6, 6.07) is 6.74. The molecule has 0 saturated carbocycles. The topological polar surface area (TPSA) is 117 Å². The van der Waals surface area contributed by atoms with Crippen LogP contribution in [0.5, 0.6) is 11.5 Å². The number of benzene rings is 1. The first-order valence-electron chi connectivity index (χ1n) is 7.55. The number of hydrogen-bond acceptors (Lipinski definition) is 6. The predicted octanol–water partition coefficient (Wildman–Crippen LogP) is 1.51. The van der Waals surface area contributed by atoms with Crippen molar-refractivity contribution in [2.45, 2.75) is 13.5 Å². The van der Waals surface area contributed by atoms with Crippen LogP contribution < -0.4 is 20.5 Å². The summed E-state index contributed by atoms with van der Waals surface area (Å²) in [4.78, 5) is 22.8. The standard InChI is InChI=1S/C17H19N3O5/c1-3-24-14-6-4-11(8-15(14)23-2)5-7-16(21)19-10-12-9-13(17(18)22)20-25-12/h4-9H,3,10H2,1-2H3,(H2,18,22)(H,19,21). The van der Waals surface area contributed by atoms with Crippen molar-refractivity contribution in [2.75, 3.05) is 13.7 Å². The molecule has 0 unspecified atom stereocenters. The van der Waals surface area contributed by atoms with E-state index >= 15 is 0 Å². The van der Waals surface area contributed by atoms with Crippen molar-refractivity contribution in [3.8, 4) is 11.5 Å². The molecule has 25 heavy (non-hydrogen) atoms. The number of nitrogens with zero attached hydrogens (tertiary/aromatic N) is 1. The van der Waals surface area contributed by atoms with Crippen LogP contribution in [0.25, 0.3) is 6.08 Å². The molecule has 0 radical (unpaired) electrons. The van der Waals surface area contributed by atoms with E-state index in [2.05, 4.69) is 10.5 Å². The molecule has 0 saturated heterocycles. The Morgan fingerprint density at radius 3 is 2.76 bits per heavy atom. The van der Waals surface area contributed by atoms with E-state index in [4.69, 9.17) is 19.7 Å². The maximum Gasteiger partial charge on any atom is 0.270 e. The summed E-state index contributed by atoms with van der Waals surface area (Å²) >= 11 is 0. The summed E-state index contributed by atoms with van der Waals surface area (Å²) in [6.07, 6.45) is 3.02. The number of aromatic nitrogens is 1. The molecule has 132 valence electrons. The lowest BCUT2D eigenvalue weighted by molar-refractivity contribution is -0.116. The normalized spacial score (nSPS) is 10.6. The van der Waals surface area contributed by atoms with E-state index in [1.54, 1.807) is 25.3 Å². The molecule has 2 aromatic rings. The third-order valence-electron chi connectivity index (χ3n) is 3.16. The van der Waals surface area contributed by atoms with Gasteiger partial charge in [-0.1, -0.05) is 11.2 Å². The number of amides is 2. The maximum absolute atomic E-state index is 11.8. The van der Waals surface area contributed by atoms with Gasteiger partial charge >= 0.3 is 0 Å². The maximum atomic E-state index is 11.8. The first-order valence-corrected chi connectivity index (χ1v) is 7.55. The molecule has 2 amide bonds. The minimum Gasteiger partial charge on any atom is -0.493 e. The van der Waals surface area contributed by atoms with Crippen molar-refractivity contribution in [1.29, 1.82) is 0 Å². The summed E-state index contributed by atoms with van der Waals surface area (Å²) < 4.78 is 15.6. The number of methoxy groups -OCH3 is 1. The quantitative estimate of drug-likeness (QED) is 0.701. The highest BCUT2D eigenvalue weighted by Crippen LogP contribution is 2.28. The van der Waals surface area contributed by atoms with Gasteiger partial charge in [0, 0.05) is 12.1 Å². The number of nitrogens with one attached hydrogen (secondary N) is 1. The molecular formula is C17H19N3O5. The zero-order chi connectivity index (χ0) is 18.2. The Balaban J connectivity index is 1.94. The van der Waals surface area contributed by atoms with Gasteiger partial charge in [-0.05, 0) is 30.7 Å². The van der Waals surface area contributed by atoms with Crippen molar-refractivity contribution in [1.82, 2.24) is 10.5 Å². The fourth-order valence-electron chi connectivity index (χ4n) is 1.98. The van der Waals surface area contributed by atoms with Gasteiger partial charge in [0.05, 0.1) is 20.3 Å². The van der Waals surface area contributed by atoms with Crippen LogP contribution in [0.3, 0.4) is 0 Å². The fourth-order valence-corrected chi connectivity index (χ4v) is 1.98. The smallest absolute Gasteiger partial charge is 0.270 e. The van der Waals surface area contributed by atoms with E-state index < -0.39 is 5.91 Å². The molecule has 8 nitrogen and oxygen atoms in total. The largest absolute Gasteiger partial charge is 0.493 e. The Hall–Kier alpha value is -3.29. The second-order valence-corrected chi connectivity index (χ2v) is 4.94. The van der Waals surface area contributed by atoms with E-state index in [1.807, 2.05) is 13.0 Å². The second-order valence-electron chi connectivity index (χ2n) is 4.94. The van der Waals surface area contributed by atoms with Crippen molar-refractivity contribution in [3.63, 3.8) is 0 Å². The highest BCUT2D eigenvalue weighted by Gasteiger charge is 2.09. The summed E-state index contributed by atoms with van der Waals surface area (Å²) in [5.74, 6) is 0.543. The zero-order valence-electron chi connectivity index (χ0n) is 13.9. The highest BCUT2D eigenvalue weighted by molar-refractivity contribution is 5.92. The minimum atomic E-state index is -0.689. The molecular weight excluding hydrogens is 326 g/mol. The summed E-state index contributed by atoms with van der Waals surface area (Å²) in [5.41, 5.74) is 5.87. The second kappa shape index (κ2) is 8.53. The molecule has 1 aromatic carbocycles. The third kappa shape index (κ3) is 5.10.